The van der Waals surface area contributed by atoms with E-state index in [2.05, 4.69) is 28.5 Å². The predicted molar refractivity (Wildman–Crippen MR) is 97.3 cm³/mol. The van der Waals surface area contributed by atoms with Gasteiger partial charge in [0.15, 0.2) is 6.23 Å². The number of aliphatic hydroxyl groups is 1. The highest BCUT2D eigenvalue weighted by Gasteiger charge is 2.24. The summed E-state index contributed by atoms with van der Waals surface area (Å²) in [6.07, 6.45) is 3.84. The van der Waals surface area contributed by atoms with E-state index in [4.69, 9.17) is 4.74 Å². The summed E-state index contributed by atoms with van der Waals surface area (Å²) in [7, 11) is 0. The first-order valence-electron chi connectivity index (χ1n) is 8.82. The molecule has 0 saturated heterocycles. The van der Waals surface area contributed by atoms with Gasteiger partial charge in [0, 0.05) is 22.3 Å². The Morgan fingerprint density at radius 2 is 1.83 bits per heavy atom. The minimum Gasteiger partial charge on any atom is -0.472 e. The number of aliphatic hydroxyl groups excluding tert-OH is 1. The van der Waals surface area contributed by atoms with Crippen LogP contribution in [-0.4, -0.2) is 28.5 Å². The maximum Gasteiger partial charge on any atom is 0.176 e. The summed E-state index contributed by atoms with van der Waals surface area (Å²) in [6, 6.07) is 14.7. The molecule has 2 aromatic carbocycles. The summed E-state index contributed by atoms with van der Waals surface area (Å²) in [4.78, 5) is 3.43. The Morgan fingerprint density at radius 1 is 1.08 bits per heavy atom. The summed E-state index contributed by atoms with van der Waals surface area (Å²) in [5.74, 6) is 0.807. The van der Waals surface area contributed by atoms with Gasteiger partial charge in [-0.05, 0) is 38.0 Å². The Hall–Kier alpha value is -2.04. The molecule has 126 valence electrons. The third-order valence-electron chi connectivity index (χ3n) is 4.94. The molecule has 0 aliphatic heterocycles. The number of nitrogens with one attached hydrogen (secondary N) is 2. The molecule has 3 N–H and O–H groups in total. The molecule has 1 aromatic heterocycles. The van der Waals surface area contributed by atoms with Crippen molar-refractivity contribution in [2.45, 2.75) is 51.0 Å². The van der Waals surface area contributed by atoms with Crippen LogP contribution >= 0.6 is 0 Å². The van der Waals surface area contributed by atoms with Crippen molar-refractivity contribution in [3.05, 3.63) is 42.5 Å². The van der Waals surface area contributed by atoms with Gasteiger partial charge in [0.25, 0.3) is 0 Å². The SMILES string of the molecule is CC(O)C(NC1CCCC1)Oc1cccc2[nH]c3ccccc3c12. The first-order chi connectivity index (χ1) is 11.7. The van der Waals surface area contributed by atoms with Gasteiger partial charge in [0.05, 0.1) is 5.52 Å². The second-order valence-electron chi connectivity index (χ2n) is 6.78. The van der Waals surface area contributed by atoms with Crippen LogP contribution in [0.1, 0.15) is 32.6 Å². The summed E-state index contributed by atoms with van der Waals surface area (Å²) in [6.45, 7) is 1.78. The van der Waals surface area contributed by atoms with Crippen LogP contribution < -0.4 is 10.1 Å². The molecule has 1 saturated carbocycles. The summed E-state index contributed by atoms with van der Waals surface area (Å²) < 4.78 is 6.24. The molecule has 0 radical (unpaired) electrons. The average Bonchev–Trinajstić information content (AvgIpc) is 3.21. The fraction of sp³-hybridized carbons (Fsp3) is 0.400. The number of hydrogen-bond acceptors (Lipinski definition) is 3. The Bertz CT molecular complexity index is 834. The molecule has 2 unspecified atom stereocenters. The summed E-state index contributed by atoms with van der Waals surface area (Å²) >= 11 is 0. The third kappa shape index (κ3) is 2.87. The van der Waals surface area contributed by atoms with Crippen molar-refractivity contribution in [2.75, 3.05) is 0 Å². The highest BCUT2D eigenvalue weighted by molar-refractivity contribution is 6.10. The number of ether oxygens (including phenoxy) is 1. The zero-order chi connectivity index (χ0) is 16.5. The third-order valence-corrected chi connectivity index (χ3v) is 4.94. The van der Waals surface area contributed by atoms with E-state index in [0.717, 1.165) is 40.4 Å². The molecule has 1 aliphatic carbocycles. The van der Waals surface area contributed by atoms with Crippen molar-refractivity contribution in [1.29, 1.82) is 0 Å². The fourth-order valence-corrected chi connectivity index (χ4v) is 3.70. The largest absolute Gasteiger partial charge is 0.472 e. The van der Waals surface area contributed by atoms with Crippen LogP contribution in [-0.2, 0) is 0 Å². The fourth-order valence-electron chi connectivity index (χ4n) is 3.70. The predicted octanol–water partition coefficient (Wildman–Crippen LogP) is 3.94. The van der Waals surface area contributed by atoms with E-state index in [1.807, 2.05) is 24.3 Å². The molecular formula is C20H24N2O2. The minimum atomic E-state index is -0.578. The van der Waals surface area contributed by atoms with E-state index >= 15 is 0 Å². The molecule has 0 amide bonds. The maximum atomic E-state index is 10.2. The van der Waals surface area contributed by atoms with E-state index in [1.54, 1.807) is 6.92 Å². The Balaban J connectivity index is 1.69. The van der Waals surface area contributed by atoms with Gasteiger partial charge in [-0.15, -0.1) is 0 Å². The first kappa shape index (κ1) is 15.5. The van der Waals surface area contributed by atoms with Crippen LogP contribution in [0.25, 0.3) is 21.8 Å². The molecule has 1 heterocycles. The zero-order valence-electron chi connectivity index (χ0n) is 14.0. The number of fused-ring (bicyclic) bond motifs is 3. The number of aromatic amines is 1. The van der Waals surface area contributed by atoms with Crippen LogP contribution in [0.5, 0.6) is 5.75 Å². The monoisotopic (exact) mass is 324 g/mol. The molecule has 0 bridgehead atoms. The first-order valence-corrected chi connectivity index (χ1v) is 8.82. The lowest BCUT2D eigenvalue weighted by molar-refractivity contribution is 0.0206. The molecule has 4 rings (SSSR count). The summed E-state index contributed by atoms with van der Waals surface area (Å²) in [5, 5.41) is 15.9. The van der Waals surface area contributed by atoms with Gasteiger partial charge in [-0.1, -0.05) is 37.1 Å². The molecule has 4 heteroatoms. The van der Waals surface area contributed by atoms with Gasteiger partial charge in [0.2, 0.25) is 0 Å². The molecule has 0 spiro atoms. The second-order valence-corrected chi connectivity index (χ2v) is 6.78. The van der Waals surface area contributed by atoms with Crippen LogP contribution in [0.2, 0.25) is 0 Å². The lowest BCUT2D eigenvalue weighted by Crippen LogP contribution is -2.47. The van der Waals surface area contributed by atoms with Crippen LogP contribution in [0, 0.1) is 0 Å². The lowest BCUT2D eigenvalue weighted by Gasteiger charge is -2.26. The maximum absolute atomic E-state index is 10.2. The zero-order valence-corrected chi connectivity index (χ0v) is 14.0. The molecule has 4 nitrogen and oxygen atoms in total. The average molecular weight is 324 g/mol. The highest BCUT2D eigenvalue weighted by Crippen LogP contribution is 2.33. The topological polar surface area (TPSA) is 57.3 Å². The Morgan fingerprint density at radius 3 is 2.62 bits per heavy atom. The number of para-hydroxylation sites is 1. The number of aromatic nitrogens is 1. The molecule has 2 atom stereocenters. The van der Waals surface area contributed by atoms with Gasteiger partial charge in [-0.2, -0.15) is 0 Å². The molecule has 1 fully saturated rings. The second kappa shape index (κ2) is 6.46. The number of hydrogen-bond donors (Lipinski definition) is 3. The van der Waals surface area contributed by atoms with Crippen LogP contribution in [0.3, 0.4) is 0 Å². The quantitative estimate of drug-likeness (QED) is 0.623. The van der Waals surface area contributed by atoms with Crippen molar-refractivity contribution in [3.63, 3.8) is 0 Å². The van der Waals surface area contributed by atoms with Gasteiger partial charge >= 0.3 is 0 Å². The number of H-pyrrole nitrogens is 1. The van der Waals surface area contributed by atoms with E-state index in [-0.39, 0.29) is 0 Å². The normalized spacial score (nSPS) is 18.2. The van der Waals surface area contributed by atoms with Crippen LogP contribution in [0.4, 0.5) is 0 Å². The lowest BCUT2D eigenvalue weighted by atomic mass is 10.1. The summed E-state index contributed by atoms with van der Waals surface area (Å²) in [5.41, 5.74) is 2.15. The van der Waals surface area contributed by atoms with Gasteiger partial charge in [-0.3, -0.25) is 5.32 Å². The van der Waals surface area contributed by atoms with E-state index in [0.29, 0.717) is 6.04 Å². The van der Waals surface area contributed by atoms with E-state index in [9.17, 15) is 5.11 Å². The van der Waals surface area contributed by atoms with Crippen molar-refractivity contribution >= 4 is 21.8 Å². The van der Waals surface area contributed by atoms with Gasteiger partial charge in [0.1, 0.15) is 11.9 Å². The molecular weight excluding hydrogens is 300 g/mol. The highest BCUT2D eigenvalue weighted by atomic mass is 16.5. The standard InChI is InChI=1S/C20H24N2O2/c1-13(23)20(21-14-7-2-3-8-14)24-18-12-6-11-17-19(18)15-9-4-5-10-16(15)22-17/h4-6,9-14,20-23H,2-3,7-8H2,1H3. The van der Waals surface area contributed by atoms with Crippen LogP contribution in [0.15, 0.2) is 42.5 Å². The molecule has 3 aromatic rings. The smallest absolute Gasteiger partial charge is 0.176 e. The number of rotatable bonds is 5. The van der Waals surface area contributed by atoms with Gasteiger partial charge < -0.3 is 14.8 Å². The van der Waals surface area contributed by atoms with E-state index < -0.39 is 12.3 Å². The minimum absolute atomic E-state index is 0.396. The van der Waals surface area contributed by atoms with Crippen molar-refractivity contribution in [3.8, 4) is 5.75 Å². The Labute approximate surface area is 141 Å². The van der Waals surface area contributed by atoms with Gasteiger partial charge in [-0.25, -0.2) is 0 Å². The molecule has 24 heavy (non-hydrogen) atoms. The number of benzene rings is 2. The van der Waals surface area contributed by atoms with Crippen molar-refractivity contribution < 1.29 is 9.84 Å². The van der Waals surface area contributed by atoms with Crippen molar-refractivity contribution in [1.82, 2.24) is 10.3 Å². The van der Waals surface area contributed by atoms with Crippen molar-refractivity contribution in [2.24, 2.45) is 0 Å². The van der Waals surface area contributed by atoms with E-state index in [1.165, 1.54) is 12.8 Å². The molecule has 1 aliphatic rings. The Kier molecular flexibility index (Phi) is 4.17.